The molecule has 86 valence electrons. The predicted octanol–water partition coefficient (Wildman–Crippen LogP) is 2.97. The first-order valence-electron chi connectivity index (χ1n) is 5.09. The lowest BCUT2D eigenvalue weighted by molar-refractivity contribution is 0.415. The quantitative estimate of drug-likeness (QED) is 0.743. The van der Waals surface area contributed by atoms with Crippen LogP contribution in [0.4, 0.5) is 5.69 Å². The third-order valence-corrected chi connectivity index (χ3v) is 2.29. The van der Waals surface area contributed by atoms with Gasteiger partial charge in [-0.05, 0) is 30.7 Å². The maximum Gasteiger partial charge on any atom is 0.252 e. The molecule has 0 aliphatic heterocycles. The Morgan fingerprint density at radius 1 is 1.24 bits per heavy atom. The van der Waals surface area contributed by atoms with Crippen LogP contribution in [0.2, 0.25) is 0 Å². The number of nitrogens with zero attached hydrogens (tertiary/aromatic N) is 4. The molecule has 5 heteroatoms. The summed E-state index contributed by atoms with van der Waals surface area (Å²) in [5, 5.41) is 25.5. The fraction of sp³-hybridized carbons (Fsp3) is 0.333. The minimum absolute atomic E-state index is 0.305. The normalized spacial score (nSPS) is 10.8. The molecule has 0 fully saturated rings. The van der Waals surface area contributed by atoms with Crippen molar-refractivity contribution in [1.29, 1.82) is 10.5 Å². The van der Waals surface area contributed by atoms with Crippen molar-refractivity contribution in [1.82, 2.24) is 0 Å². The molecular formula is C12H12N4O. The second kappa shape index (κ2) is 5.62. The average Bonchev–Trinajstić information content (AvgIpc) is 2.41. The number of ether oxygens (including phenoxy) is 1. The Morgan fingerprint density at radius 3 is 2.24 bits per heavy atom. The summed E-state index contributed by atoms with van der Waals surface area (Å²) in [6.45, 7) is 1.72. The summed E-state index contributed by atoms with van der Waals surface area (Å²) < 4.78 is 5.00. The van der Waals surface area contributed by atoms with Gasteiger partial charge in [0.1, 0.15) is 17.9 Å². The summed E-state index contributed by atoms with van der Waals surface area (Å²) in [5.41, 5.74) is -0.811. The first-order chi connectivity index (χ1) is 8.19. The summed E-state index contributed by atoms with van der Waals surface area (Å²) in [5.74, 6) is 0.714. The summed E-state index contributed by atoms with van der Waals surface area (Å²) in [7, 11) is 1.57. The standard InChI is InChI=1S/C12H12N4O/c1-3-12(8-13,9-14)16-15-10-4-6-11(17-2)7-5-10/h4-7H,3H2,1-2H3. The van der Waals surface area contributed by atoms with Gasteiger partial charge < -0.3 is 4.74 Å². The van der Waals surface area contributed by atoms with Gasteiger partial charge in [0.2, 0.25) is 0 Å². The van der Waals surface area contributed by atoms with Gasteiger partial charge in [-0.3, -0.25) is 0 Å². The molecule has 0 aliphatic rings. The molecule has 1 rings (SSSR count). The van der Waals surface area contributed by atoms with Gasteiger partial charge in [-0.15, -0.1) is 0 Å². The van der Waals surface area contributed by atoms with E-state index < -0.39 is 5.54 Å². The second-order valence-corrected chi connectivity index (χ2v) is 3.34. The molecule has 5 nitrogen and oxygen atoms in total. The highest BCUT2D eigenvalue weighted by molar-refractivity contribution is 5.40. The molecular weight excluding hydrogens is 216 g/mol. The molecule has 0 radical (unpaired) electrons. The fourth-order valence-corrected chi connectivity index (χ4v) is 1.09. The highest BCUT2D eigenvalue weighted by Gasteiger charge is 2.27. The maximum absolute atomic E-state index is 8.89. The third-order valence-electron chi connectivity index (χ3n) is 2.29. The number of nitriles is 2. The van der Waals surface area contributed by atoms with Gasteiger partial charge in [-0.2, -0.15) is 20.8 Å². The Hall–Kier alpha value is -2.40. The molecule has 1 aromatic rings. The average molecular weight is 228 g/mol. The highest BCUT2D eigenvalue weighted by atomic mass is 16.5. The van der Waals surface area contributed by atoms with Crippen molar-refractivity contribution < 1.29 is 4.74 Å². The molecule has 0 saturated heterocycles. The number of benzene rings is 1. The van der Waals surface area contributed by atoms with Crippen LogP contribution >= 0.6 is 0 Å². The molecule has 0 heterocycles. The summed E-state index contributed by atoms with van der Waals surface area (Å²) in [6, 6.07) is 10.6. The zero-order chi connectivity index (χ0) is 12.7. The maximum atomic E-state index is 8.89. The largest absolute Gasteiger partial charge is 0.497 e. The van der Waals surface area contributed by atoms with Crippen LogP contribution in [0.1, 0.15) is 13.3 Å². The molecule has 17 heavy (non-hydrogen) atoms. The Bertz CT molecular complexity index is 465. The summed E-state index contributed by atoms with van der Waals surface area (Å²) in [6.07, 6.45) is 0.305. The SMILES string of the molecule is CCC(C#N)(C#N)N=Nc1ccc(OC)cc1. The van der Waals surface area contributed by atoms with Gasteiger partial charge in [0, 0.05) is 0 Å². The van der Waals surface area contributed by atoms with E-state index in [-0.39, 0.29) is 0 Å². The molecule has 1 aromatic carbocycles. The molecule has 0 N–H and O–H groups in total. The Kier molecular flexibility index (Phi) is 4.19. The second-order valence-electron chi connectivity index (χ2n) is 3.34. The van der Waals surface area contributed by atoms with E-state index >= 15 is 0 Å². The van der Waals surface area contributed by atoms with Crippen LogP contribution < -0.4 is 4.74 Å². The molecule has 0 amide bonds. The predicted molar refractivity (Wildman–Crippen MR) is 61.8 cm³/mol. The van der Waals surface area contributed by atoms with Gasteiger partial charge in [-0.25, -0.2) is 0 Å². The third kappa shape index (κ3) is 3.02. The van der Waals surface area contributed by atoms with Gasteiger partial charge >= 0.3 is 0 Å². The Balaban J connectivity index is 2.90. The minimum atomic E-state index is -1.39. The zero-order valence-corrected chi connectivity index (χ0v) is 9.71. The van der Waals surface area contributed by atoms with Crippen LogP contribution in [0.25, 0.3) is 0 Å². The fourth-order valence-electron chi connectivity index (χ4n) is 1.09. The van der Waals surface area contributed by atoms with E-state index in [4.69, 9.17) is 15.3 Å². The lowest BCUT2D eigenvalue weighted by Crippen LogP contribution is -2.19. The molecule has 0 unspecified atom stereocenters. The van der Waals surface area contributed by atoms with E-state index in [9.17, 15) is 0 Å². The van der Waals surface area contributed by atoms with E-state index in [0.29, 0.717) is 17.9 Å². The smallest absolute Gasteiger partial charge is 0.252 e. The van der Waals surface area contributed by atoms with Crippen molar-refractivity contribution in [2.75, 3.05) is 7.11 Å². The van der Waals surface area contributed by atoms with Gasteiger partial charge in [-0.1, -0.05) is 6.92 Å². The Labute approximate surface area is 100.0 Å². The van der Waals surface area contributed by atoms with Gasteiger partial charge in [0.25, 0.3) is 5.54 Å². The van der Waals surface area contributed by atoms with Crippen LogP contribution in [-0.2, 0) is 0 Å². The van der Waals surface area contributed by atoms with Crippen LogP contribution in [0.5, 0.6) is 5.75 Å². The van der Waals surface area contributed by atoms with E-state index in [1.165, 1.54) is 0 Å². The van der Waals surface area contributed by atoms with E-state index in [2.05, 4.69) is 10.2 Å². The van der Waals surface area contributed by atoms with E-state index in [1.807, 2.05) is 12.1 Å². The van der Waals surface area contributed by atoms with Crippen LogP contribution in [-0.4, -0.2) is 12.6 Å². The van der Waals surface area contributed by atoms with Crippen LogP contribution in [0.15, 0.2) is 34.5 Å². The van der Waals surface area contributed by atoms with Crippen LogP contribution in [0, 0.1) is 22.7 Å². The molecule has 0 saturated carbocycles. The summed E-state index contributed by atoms with van der Waals surface area (Å²) in [4.78, 5) is 0. The van der Waals surface area contributed by atoms with Gasteiger partial charge in [0.15, 0.2) is 0 Å². The number of rotatable bonds is 4. The highest BCUT2D eigenvalue weighted by Crippen LogP contribution is 2.21. The lowest BCUT2D eigenvalue weighted by atomic mass is 10.0. The molecule has 0 aliphatic carbocycles. The zero-order valence-electron chi connectivity index (χ0n) is 9.71. The van der Waals surface area contributed by atoms with Crippen molar-refractivity contribution in [2.45, 2.75) is 18.9 Å². The van der Waals surface area contributed by atoms with E-state index in [1.54, 1.807) is 38.3 Å². The number of methoxy groups -OCH3 is 1. The molecule has 0 spiro atoms. The van der Waals surface area contributed by atoms with E-state index in [0.717, 1.165) is 0 Å². The number of hydrogen-bond acceptors (Lipinski definition) is 5. The van der Waals surface area contributed by atoms with Gasteiger partial charge in [0.05, 0.1) is 12.8 Å². The van der Waals surface area contributed by atoms with Crippen molar-refractivity contribution in [2.24, 2.45) is 10.2 Å². The minimum Gasteiger partial charge on any atom is -0.497 e. The van der Waals surface area contributed by atoms with Crippen molar-refractivity contribution in [3.05, 3.63) is 24.3 Å². The van der Waals surface area contributed by atoms with Crippen molar-refractivity contribution in [3.63, 3.8) is 0 Å². The first-order valence-corrected chi connectivity index (χ1v) is 5.09. The number of azo groups is 1. The molecule has 0 atom stereocenters. The first kappa shape index (κ1) is 12.7. The number of hydrogen-bond donors (Lipinski definition) is 0. The lowest BCUT2D eigenvalue weighted by Gasteiger charge is -2.07. The summed E-state index contributed by atoms with van der Waals surface area (Å²) >= 11 is 0. The van der Waals surface area contributed by atoms with Crippen LogP contribution in [0.3, 0.4) is 0 Å². The Morgan fingerprint density at radius 2 is 1.82 bits per heavy atom. The van der Waals surface area contributed by atoms with Crippen molar-refractivity contribution >= 4 is 5.69 Å². The molecule has 0 bridgehead atoms. The topological polar surface area (TPSA) is 81.5 Å². The molecule has 0 aromatic heterocycles. The van der Waals surface area contributed by atoms with Crippen molar-refractivity contribution in [3.8, 4) is 17.9 Å². The monoisotopic (exact) mass is 228 g/mol.